The molecule has 3 rings (SSSR count). The van der Waals surface area contributed by atoms with Crippen molar-refractivity contribution in [3.05, 3.63) is 35.1 Å². The standard InChI is InChI=1S/C18H23FN2O2/c1-22-18-4-2-3-15(18)17-12-23-8-7-21(17)11-13-5-6-16(19)14(9-13)10-20/h5-6,9,15,17-18H,2-4,7-8,11-12H2,1H3/t15-,17+,18+/m0/s1. The lowest BCUT2D eigenvalue weighted by Gasteiger charge is -2.40. The summed E-state index contributed by atoms with van der Waals surface area (Å²) < 4.78 is 24.9. The SMILES string of the molecule is CO[C@@H]1CCC[C@H]1[C@H]1COCCN1Cc1ccc(F)c(C#N)c1. The first-order valence-electron chi connectivity index (χ1n) is 8.26. The molecule has 0 unspecified atom stereocenters. The van der Waals surface area contributed by atoms with Gasteiger partial charge in [-0.3, -0.25) is 4.90 Å². The monoisotopic (exact) mass is 318 g/mol. The highest BCUT2D eigenvalue weighted by Crippen LogP contribution is 2.34. The summed E-state index contributed by atoms with van der Waals surface area (Å²) in [6.07, 6.45) is 3.77. The Balaban J connectivity index is 1.75. The molecule has 0 N–H and O–H groups in total. The average molecular weight is 318 g/mol. The van der Waals surface area contributed by atoms with E-state index in [4.69, 9.17) is 14.7 Å². The first-order valence-corrected chi connectivity index (χ1v) is 8.26. The Hall–Kier alpha value is -1.48. The molecule has 2 aliphatic rings. The van der Waals surface area contributed by atoms with E-state index in [0.29, 0.717) is 24.7 Å². The Morgan fingerprint density at radius 2 is 2.30 bits per heavy atom. The van der Waals surface area contributed by atoms with Crippen LogP contribution in [-0.4, -0.2) is 43.9 Å². The van der Waals surface area contributed by atoms with Crippen molar-refractivity contribution in [2.45, 2.75) is 38.0 Å². The van der Waals surface area contributed by atoms with Gasteiger partial charge >= 0.3 is 0 Å². The second kappa shape index (κ2) is 7.39. The van der Waals surface area contributed by atoms with E-state index in [1.54, 1.807) is 19.2 Å². The predicted molar refractivity (Wildman–Crippen MR) is 84.3 cm³/mol. The van der Waals surface area contributed by atoms with E-state index in [9.17, 15) is 4.39 Å². The predicted octanol–water partition coefficient (Wildman–Crippen LogP) is 2.71. The number of benzene rings is 1. The van der Waals surface area contributed by atoms with Gasteiger partial charge in [-0.15, -0.1) is 0 Å². The van der Waals surface area contributed by atoms with Crippen molar-refractivity contribution in [3.63, 3.8) is 0 Å². The van der Waals surface area contributed by atoms with Crippen LogP contribution in [0.2, 0.25) is 0 Å². The first-order chi connectivity index (χ1) is 11.2. The fourth-order valence-corrected chi connectivity index (χ4v) is 3.93. The molecule has 0 aromatic heterocycles. The molecule has 1 aromatic carbocycles. The molecular weight excluding hydrogens is 295 g/mol. The Morgan fingerprint density at radius 1 is 1.43 bits per heavy atom. The number of rotatable bonds is 4. The summed E-state index contributed by atoms with van der Waals surface area (Å²) in [6, 6.07) is 7.05. The lowest BCUT2D eigenvalue weighted by molar-refractivity contribution is -0.0608. The number of halogens is 1. The molecule has 3 atom stereocenters. The van der Waals surface area contributed by atoms with E-state index in [1.165, 1.54) is 12.5 Å². The summed E-state index contributed by atoms with van der Waals surface area (Å²) in [6.45, 7) is 3.01. The highest BCUT2D eigenvalue weighted by atomic mass is 19.1. The largest absolute Gasteiger partial charge is 0.381 e. The van der Waals surface area contributed by atoms with Gasteiger partial charge in [0, 0.05) is 32.2 Å². The highest BCUT2D eigenvalue weighted by Gasteiger charge is 2.38. The summed E-state index contributed by atoms with van der Waals surface area (Å²) in [5.74, 6) is 0.0289. The lowest BCUT2D eigenvalue weighted by atomic mass is 9.93. The molecule has 23 heavy (non-hydrogen) atoms. The number of hydrogen-bond acceptors (Lipinski definition) is 4. The highest BCUT2D eigenvalue weighted by molar-refractivity contribution is 5.34. The van der Waals surface area contributed by atoms with Crippen molar-refractivity contribution >= 4 is 0 Å². The minimum Gasteiger partial charge on any atom is -0.381 e. The average Bonchev–Trinajstić information content (AvgIpc) is 3.05. The van der Waals surface area contributed by atoms with Crippen LogP contribution < -0.4 is 0 Å². The van der Waals surface area contributed by atoms with Crippen molar-refractivity contribution < 1.29 is 13.9 Å². The van der Waals surface area contributed by atoms with Gasteiger partial charge in [0.25, 0.3) is 0 Å². The number of hydrogen-bond donors (Lipinski definition) is 0. The van der Waals surface area contributed by atoms with Crippen LogP contribution in [0.3, 0.4) is 0 Å². The van der Waals surface area contributed by atoms with Crippen LogP contribution in [0.4, 0.5) is 4.39 Å². The van der Waals surface area contributed by atoms with Gasteiger partial charge in [-0.25, -0.2) is 4.39 Å². The molecule has 0 bridgehead atoms. The van der Waals surface area contributed by atoms with Gasteiger partial charge in [-0.2, -0.15) is 5.26 Å². The lowest BCUT2D eigenvalue weighted by Crippen LogP contribution is -2.50. The van der Waals surface area contributed by atoms with Crippen LogP contribution in [-0.2, 0) is 16.0 Å². The van der Waals surface area contributed by atoms with E-state index < -0.39 is 5.82 Å². The van der Waals surface area contributed by atoms with Crippen LogP contribution in [0.15, 0.2) is 18.2 Å². The molecule has 1 aliphatic carbocycles. The van der Waals surface area contributed by atoms with Crippen LogP contribution in [0.1, 0.15) is 30.4 Å². The van der Waals surface area contributed by atoms with Gasteiger partial charge < -0.3 is 9.47 Å². The zero-order valence-corrected chi connectivity index (χ0v) is 13.5. The number of ether oxygens (including phenoxy) is 2. The van der Waals surface area contributed by atoms with Crippen LogP contribution >= 0.6 is 0 Å². The van der Waals surface area contributed by atoms with Gasteiger partial charge in [-0.05, 0) is 30.5 Å². The molecule has 124 valence electrons. The minimum absolute atomic E-state index is 0.114. The quantitative estimate of drug-likeness (QED) is 0.856. The van der Waals surface area contributed by atoms with Crippen molar-refractivity contribution in [2.75, 3.05) is 26.9 Å². The first kappa shape index (κ1) is 16.4. The molecule has 1 aromatic rings. The third-order valence-corrected chi connectivity index (χ3v) is 5.12. The molecule has 4 nitrogen and oxygen atoms in total. The third kappa shape index (κ3) is 3.55. The van der Waals surface area contributed by atoms with Gasteiger partial charge in [0.1, 0.15) is 11.9 Å². The summed E-state index contributed by atoms with van der Waals surface area (Å²) >= 11 is 0. The Bertz CT molecular complexity index is 587. The number of morpholine rings is 1. The number of methoxy groups -OCH3 is 1. The van der Waals surface area contributed by atoms with E-state index in [1.807, 2.05) is 6.07 Å². The summed E-state index contributed by atoms with van der Waals surface area (Å²) in [4.78, 5) is 2.40. The van der Waals surface area contributed by atoms with Crippen molar-refractivity contribution in [1.82, 2.24) is 4.90 Å². The molecule has 0 spiro atoms. The molecule has 0 radical (unpaired) electrons. The van der Waals surface area contributed by atoms with Gasteiger partial charge in [0.05, 0.1) is 24.9 Å². The molecule has 1 saturated heterocycles. The summed E-state index contributed by atoms with van der Waals surface area (Å²) in [5, 5.41) is 9.00. The zero-order valence-electron chi connectivity index (χ0n) is 13.5. The molecule has 1 saturated carbocycles. The van der Waals surface area contributed by atoms with E-state index in [-0.39, 0.29) is 5.56 Å². The maximum Gasteiger partial charge on any atom is 0.140 e. The second-order valence-electron chi connectivity index (χ2n) is 6.41. The van der Waals surface area contributed by atoms with Crippen molar-refractivity contribution in [2.24, 2.45) is 5.92 Å². The van der Waals surface area contributed by atoms with Gasteiger partial charge in [-0.1, -0.05) is 12.5 Å². The molecule has 0 amide bonds. The third-order valence-electron chi connectivity index (χ3n) is 5.12. The fourth-order valence-electron chi connectivity index (χ4n) is 3.93. The molecule has 1 heterocycles. The van der Waals surface area contributed by atoms with Crippen molar-refractivity contribution in [1.29, 1.82) is 5.26 Å². The molecule has 2 fully saturated rings. The van der Waals surface area contributed by atoms with Gasteiger partial charge in [0.15, 0.2) is 0 Å². The maximum atomic E-state index is 13.5. The normalized spacial score (nSPS) is 28.7. The zero-order chi connectivity index (χ0) is 16.2. The van der Waals surface area contributed by atoms with Crippen LogP contribution in [0, 0.1) is 23.1 Å². The Labute approximate surface area is 136 Å². The Kier molecular flexibility index (Phi) is 5.27. The maximum absolute atomic E-state index is 13.5. The summed E-state index contributed by atoms with van der Waals surface area (Å²) in [7, 11) is 1.79. The number of nitriles is 1. The van der Waals surface area contributed by atoms with Crippen LogP contribution in [0.25, 0.3) is 0 Å². The molecule has 5 heteroatoms. The van der Waals surface area contributed by atoms with Crippen LogP contribution in [0.5, 0.6) is 0 Å². The summed E-state index contributed by atoms with van der Waals surface area (Å²) in [5.41, 5.74) is 1.09. The van der Waals surface area contributed by atoms with E-state index >= 15 is 0 Å². The van der Waals surface area contributed by atoms with Crippen molar-refractivity contribution in [3.8, 4) is 6.07 Å². The Morgan fingerprint density at radius 3 is 3.09 bits per heavy atom. The molecular formula is C18H23FN2O2. The second-order valence-corrected chi connectivity index (χ2v) is 6.41. The van der Waals surface area contributed by atoms with E-state index in [2.05, 4.69) is 4.90 Å². The number of nitrogens with zero attached hydrogens (tertiary/aromatic N) is 2. The molecule has 1 aliphatic heterocycles. The fraction of sp³-hybridized carbons (Fsp3) is 0.611. The topological polar surface area (TPSA) is 45.5 Å². The smallest absolute Gasteiger partial charge is 0.140 e. The minimum atomic E-state index is -0.454. The van der Waals surface area contributed by atoms with Gasteiger partial charge in [0.2, 0.25) is 0 Å². The van der Waals surface area contributed by atoms with E-state index in [0.717, 1.165) is 38.1 Å².